The van der Waals surface area contributed by atoms with Gasteiger partial charge < -0.3 is 14.8 Å². The first kappa shape index (κ1) is 29.2. The van der Waals surface area contributed by atoms with E-state index < -0.39 is 17.0 Å². The number of imide groups is 1. The van der Waals surface area contributed by atoms with Crippen LogP contribution in [0.5, 0.6) is 11.5 Å². The smallest absolute Gasteiger partial charge is 0.293 e. The highest BCUT2D eigenvalue weighted by Gasteiger charge is 2.36. The minimum absolute atomic E-state index is 0.0737. The second-order valence-corrected chi connectivity index (χ2v) is 10.6. The molecule has 0 aromatic heterocycles. The third kappa shape index (κ3) is 6.84. The van der Waals surface area contributed by atoms with Crippen molar-refractivity contribution in [1.82, 2.24) is 4.90 Å². The van der Waals surface area contributed by atoms with E-state index in [2.05, 4.69) is 19.2 Å². The molecule has 0 aliphatic carbocycles. The minimum atomic E-state index is -0.592. The first-order chi connectivity index (χ1) is 19.2. The zero-order chi connectivity index (χ0) is 28.8. The summed E-state index contributed by atoms with van der Waals surface area (Å²) in [5.74, 6) is -0.481. The van der Waals surface area contributed by atoms with Gasteiger partial charge in [-0.2, -0.15) is 0 Å². The second-order valence-electron chi connectivity index (χ2n) is 9.19. The van der Waals surface area contributed by atoms with E-state index in [-0.39, 0.29) is 40.5 Å². The Bertz CT molecular complexity index is 1460. The molecule has 40 heavy (non-hydrogen) atoms. The molecule has 1 N–H and O–H groups in total. The number of carbonyl (C=O) groups is 3. The van der Waals surface area contributed by atoms with Crippen LogP contribution in [-0.2, 0) is 16.1 Å². The number of rotatable bonds is 10. The predicted molar refractivity (Wildman–Crippen MR) is 155 cm³/mol. The molecule has 1 fully saturated rings. The number of nitrogens with one attached hydrogen (secondary N) is 1. The first-order valence-corrected chi connectivity index (χ1v) is 13.8. The molecule has 1 aliphatic rings. The maximum absolute atomic E-state index is 14.2. The highest BCUT2D eigenvalue weighted by Crippen LogP contribution is 2.36. The minimum Gasteiger partial charge on any atom is -0.490 e. The molecule has 1 saturated heterocycles. The van der Waals surface area contributed by atoms with Gasteiger partial charge in [0.2, 0.25) is 0 Å². The van der Waals surface area contributed by atoms with Gasteiger partial charge in [0.25, 0.3) is 17.1 Å². The van der Waals surface area contributed by atoms with Crippen molar-refractivity contribution in [3.05, 3.63) is 93.1 Å². The normalized spacial score (nSPS) is 14.2. The Morgan fingerprint density at radius 1 is 1.07 bits per heavy atom. The van der Waals surface area contributed by atoms with Crippen LogP contribution < -0.4 is 14.8 Å². The second kappa shape index (κ2) is 13.0. The highest BCUT2D eigenvalue weighted by atomic mass is 35.5. The highest BCUT2D eigenvalue weighted by molar-refractivity contribution is 8.18. The van der Waals surface area contributed by atoms with E-state index in [9.17, 15) is 18.8 Å². The first-order valence-electron chi connectivity index (χ1n) is 12.6. The zero-order valence-electron chi connectivity index (χ0n) is 22.2. The topological polar surface area (TPSA) is 84.9 Å². The Kier molecular flexibility index (Phi) is 9.50. The van der Waals surface area contributed by atoms with Crippen LogP contribution in [-0.4, -0.2) is 35.2 Å². The van der Waals surface area contributed by atoms with Gasteiger partial charge in [0.1, 0.15) is 5.82 Å². The predicted octanol–water partition coefficient (Wildman–Crippen LogP) is 7.26. The van der Waals surface area contributed by atoms with Gasteiger partial charge in [0.15, 0.2) is 18.1 Å². The summed E-state index contributed by atoms with van der Waals surface area (Å²) in [6, 6.07) is 16.8. The summed E-state index contributed by atoms with van der Waals surface area (Å²) in [6.07, 6.45) is 1.55. The number of halogens is 2. The lowest BCUT2D eigenvalue weighted by atomic mass is 10.0. The van der Waals surface area contributed by atoms with E-state index in [1.807, 2.05) is 31.2 Å². The summed E-state index contributed by atoms with van der Waals surface area (Å²) in [4.78, 5) is 39.3. The van der Waals surface area contributed by atoms with Crippen LogP contribution in [0.1, 0.15) is 43.4 Å². The zero-order valence-corrected chi connectivity index (χ0v) is 23.8. The number of ether oxygens (including phenoxy) is 2. The Balaban J connectivity index is 1.46. The fourth-order valence-corrected chi connectivity index (χ4v) is 5.14. The molecule has 0 radical (unpaired) electrons. The van der Waals surface area contributed by atoms with Gasteiger partial charge in [-0.25, -0.2) is 4.39 Å². The van der Waals surface area contributed by atoms with Gasteiger partial charge in [-0.05, 0) is 72.1 Å². The molecule has 0 saturated carbocycles. The van der Waals surface area contributed by atoms with E-state index in [4.69, 9.17) is 21.1 Å². The summed E-state index contributed by atoms with van der Waals surface area (Å²) >= 11 is 6.83. The van der Waals surface area contributed by atoms with Crippen LogP contribution in [0.3, 0.4) is 0 Å². The number of anilines is 1. The van der Waals surface area contributed by atoms with Crippen molar-refractivity contribution in [1.29, 1.82) is 0 Å². The Morgan fingerprint density at radius 3 is 2.58 bits per heavy atom. The monoisotopic (exact) mass is 582 g/mol. The van der Waals surface area contributed by atoms with Crippen LogP contribution in [0.4, 0.5) is 14.9 Å². The van der Waals surface area contributed by atoms with Crippen molar-refractivity contribution < 1.29 is 28.2 Å². The average Bonchev–Trinajstić information content (AvgIpc) is 3.17. The van der Waals surface area contributed by atoms with Crippen molar-refractivity contribution in [3.8, 4) is 11.5 Å². The standard InChI is InChI=1S/C30H28ClFN2O5S/c1-4-38-26-14-19(12-13-25(26)39-17-28(35)33-24-11-6-5-8-20(24)18(2)3)15-27-29(36)34(30(37)40-27)16-21-22(31)9-7-10-23(21)32/h5-15,18H,4,16-17H2,1-3H3,(H,33,35)/b27-15+. The van der Waals surface area contributed by atoms with Gasteiger partial charge in [-0.15, -0.1) is 0 Å². The largest absolute Gasteiger partial charge is 0.490 e. The lowest BCUT2D eigenvalue weighted by molar-refractivity contribution is -0.123. The van der Waals surface area contributed by atoms with Crippen LogP contribution in [0, 0.1) is 5.82 Å². The van der Waals surface area contributed by atoms with Gasteiger partial charge in [-0.3, -0.25) is 19.3 Å². The summed E-state index contributed by atoms with van der Waals surface area (Å²) in [7, 11) is 0. The molecule has 3 aromatic carbocycles. The van der Waals surface area contributed by atoms with Gasteiger partial charge in [0, 0.05) is 16.3 Å². The van der Waals surface area contributed by atoms with E-state index >= 15 is 0 Å². The molecule has 0 bridgehead atoms. The summed E-state index contributed by atoms with van der Waals surface area (Å²) < 4.78 is 25.7. The molecule has 4 rings (SSSR count). The summed E-state index contributed by atoms with van der Waals surface area (Å²) in [6.45, 7) is 5.75. The van der Waals surface area contributed by atoms with Crippen molar-refractivity contribution >= 4 is 52.2 Å². The fraction of sp³-hybridized carbons (Fsp3) is 0.233. The summed E-state index contributed by atoms with van der Waals surface area (Å²) in [5, 5.41) is 2.50. The van der Waals surface area contributed by atoms with E-state index in [0.717, 1.165) is 27.9 Å². The van der Waals surface area contributed by atoms with Gasteiger partial charge >= 0.3 is 0 Å². The van der Waals surface area contributed by atoms with Gasteiger partial charge in [-0.1, -0.05) is 55.8 Å². The Labute approximate surface area is 241 Å². The van der Waals surface area contributed by atoms with Crippen LogP contribution in [0.2, 0.25) is 5.02 Å². The molecule has 208 valence electrons. The van der Waals surface area contributed by atoms with Crippen LogP contribution >= 0.6 is 23.4 Å². The lowest BCUT2D eigenvalue weighted by Crippen LogP contribution is -2.28. The molecular formula is C30H28ClFN2O5S. The number of amides is 3. The molecule has 1 heterocycles. The molecule has 0 atom stereocenters. The molecule has 3 aromatic rings. The lowest BCUT2D eigenvalue weighted by Gasteiger charge is -2.15. The molecule has 3 amide bonds. The van der Waals surface area contributed by atoms with E-state index in [0.29, 0.717) is 23.7 Å². The number of hydrogen-bond acceptors (Lipinski definition) is 6. The number of benzene rings is 3. The Hall–Kier alpha value is -3.82. The summed E-state index contributed by atoms with van der Waals surface area (Å²) in [5.41, 5.74) is 2.42. The Morgan fingerprint density at radius 2 is 1.85 bits per heavy atom. The third-order valence-corrected chi connectivity index (χ3v) is 7.29. The van der Waals surface area contributed by atoms with Crippen LogP contribution in [0.15, 0.2) is 65.6 Å². The van der Waals surface area contributed by atoms with E-state index in [1.165, 1.54) is 18.2 Å². The fourth-order valence-electron chi connectivity index (χ4n) is 4.08. The number of para-hydroxylation sites is 1. The molecule has 7 nitrogen and oxygen atoms in total. The number of hydrogen-bond donors (Lipinski definition) is 1. The SMILES string of the molecule is CCOc1cc(/C=C2/SC(=O)N(Cc3c(F)cccc3Cl)C2=O)ccc1OCC(=O)Nc1ccccc1C(C)C. The quantitative estimate of drug-likeness (QED) is 0.253. The third-order valence-electron chi connectivity index (χ3n) is 6.03. The molecular weight excluding hydrogens is 555 g/mol. The molecule has 0 unspecified atom stereocenters. The number of thioether (sulfide) groups is 1. The number of carbonyl (C=O) groups excluding carboxylic acids is 3. The molecule has 0 spiro atoms. The van der Waals surface area contributed by atoms with Crippen molar-refractivity contribution in [2.24, 2.45) is 0 Å². The van der Waals surface area contributed by atoms with Crippen molar-refractivity contribution in [2.75, 3.05) is 18.5 Å². The number of nitrogens with zero attached hydrogens (tertiary/aromatic N) is 1. The van der Waals surface area contributed by atoms with Gasteiger partial charge in [0.05, 0.1) is 18.1 Å². The molecule has 10 heteroatoms. The van der Waals surface area contributed by atoms with Crippen molar-refractivity contribution in [3.63, 3.8) is 0 Å². The maximum Gasteiger partial charge on any atom is 0.293 e. The van der Waals surface area contributed by atoms with Crippen LogP contribution in [0.25, 0.3) is 6.08 Å². The average molecular weight is 583 g/mol. The van der Waals surface area contributed by atoms with Crippen molar-refractivity contribution in [2.45, 2.75) is 33.2 Å². The van der Waals surface area contributed by atoms with E-state index in [1.54, 1.807) is 24.3 Å². The maximum atomic E-state index is 14.2. The molecule has 1 aliphatic heterocycles.